The number of nitrogens with zero attached hydrogens (tertiary/aromatic N) is 1. The van der Waals surface area contributed by atoms with Gasteiger partial charge in [-0.05, 0) is 5.56 Å². The highest BCUT2D eigenvalue weighted by molar-refractivity contribution is 5.24. The number of alkyl halides is 13. The van der Waals surface area contributed by atoms with Gasteiger partial charge in [-0.1, -0.05) is 30.3 Å². The first kappa shape index (κ1) is 26.9. The number of benzene rings is 1. The van der Waals surface area contributed by atoms with Crippen molar-refractivity contribution < 1.29 is 62.0 Å². The molecule has 1 fully saturated rings. The molecule has 0 amide bonds. The van der Waals surface area contributed by atoms with Gasteiger partial charge in [-0.2, -0.15) is 57.1 Å². The van der Waals surface area contributed by atoms with Crippen molar-refractivity contribution in [1.82, 2.24) is 10.9 Å². The van der Waals surface area contributed by atoms with Gasteiger partial charge in [-0.3, -0.25) is 10.1 Å². The summed E-state index contributed by atoms with van der Waals surface area (Å²) in [5.74, 6) is -38.3. The van der Waals surface area contributed by atoms with E-state index < -0.39 is 58.8 Å². The molecule has 1 aromatic rings. The Morgan fingerprint density at radius 1 is 0.697 bits per heavy atom. The molecule has 1 saturated heterocycles. The summed E-state index contributed by atoms with van der Waals surface area (Å²) >= 11 is 0. The zero-order valence-corrected chi connectivity index (χ0v) is 15.3. The Labute approximate surface area is 174 Å². The van der Waals surface area contributed by atoms with Gasteiger partial charge in [0.2, 0.25) is 0 Å². The summed E-state index contributed by atoms with van der Waals surface area (Å²) in [6.07, 6.45) is -7.54. The van der Waals surface area contributed by atoms with Crippen LogP contribution in [0.5, 0.6) is 0 Å². The van der Waals surface area contributed by atoms with Gasteiger partial charge < -0.3 is 0 Å². The number of nitro groups is 1. The molecule has 2 N–H and O–H groups in total. The van der Waals surface area contributed by atoms with E-state index in [1.165, 1.54) is 23.6 Å². The minimum absolute atomic E-state index is 0.242. The van der Waals surface area contributed by atoms with Crippen molar-refractivity contribution in [2.24, 2.45) is 0 Å². The molecule has 2 rings (SSSR count). The molecule has 0 aliphatic carbocycles. The normalized spacial score (nSPS) is 23.6. The third kappa shape index (κ3) is 3.75. The maximum Gasteiger partial charge on any atom is 0.460 e. The molecule has 188 valence electrons. The maximum atomic E-state index is 14.4. The zero-order chi connectivity index (χ0) is 25.8. The molecule has 3 atom stereocenters. The lowest BCUT2D eigenvalue weighted by Crippen LogP contribution is -2.73. The van der Waals surface area contributed by atoms with E-state index in [9.17, 15) is 67.2 Å². The molecule has 33 heavy (non-hydrogen) atoms. The molecule has 1 heterocycles. The Morgan fingerprint density at radius 3 is 1.58 bits per heavy atom. The predicted molar refractivity (Wildman–Crippen MR) is 80.8 cm³/mol. The number of hydrazine groups is 1. The first-order valence-corrected chi connectivity index (χ1v) is 8.31. The van der Waals surface area contributed by atoms with E-state index in [2.05, 4.69) is 0 Å². The van der Waals surface area contributed by atoms with Crippen LogP contribution in [0.2, 0.25) is 0 Å². The van der Waals surface area contributed by atoms with Crippen LogP contribution in [0.1, 0.15) is 11.6 Å². The zero-order valence-electron chi connectivity index (χ0n) is 15.3. The van der Waals surface area contributed by atoms with Crippen LogP contribution >= 0.6 is 0 Å². The van der Waals surface area contributed by atoms with Crippen molar-refractivity contribution in [2.45, 2.75) is 53.9 Å². The molecule has 1 aliphatic rings. The van der Waals surface area contributed by atoms with E-state index >= 15 is 0 Å². The molecule has 0 bridgehead atoms. The lowest BCUT2D eigenvalue weighted by atomic mass is 9.86. The number of hydrogen-bond donors (Lipinski definition) is 2. The minimum Gasteiger partial charge on any atom is -0.264 e. The quantitative estimate of drug-likeness (QED) is 0.320. The number of nitrogens with one attached hydrogen (secondary N) is 2. The molecule has 1 aromatic carbocycles. The SMILES string of the molecule is O=[N+]([O-])C1C(c2ccccc2)NNC1C(F)(F)C(F)(F)C(F)(F)C(F)(F)C(F)(F)C(F)(F)F. The van der Waals surface area contributed by atoms with Crippen molar-refractivity contribution in [3.8, 4) is 0 Å². The van der Waals surface area contributed by atoms with Crippen LogP contribution in [-0.2, 0) is 0 Å². The van der Waals surface area contributed by atoms with Crippen LogP contribution in [0.25, 0.3) is 0 Å². The minimum atomic E-state index is -8.08. The molecule has 18 heteroatoms. The molecule has 5 nitrogen and oxygen atoms in total. The Hall–Kier alpha value is -2.37. The smallest absolute Gasteiger partial charge is 0.264 e. The number of halogens is 13. The fourth-order valence-corrected chi connectivity index (χ4v) is 3.01. The highest BCUT2D eigenvalue weighted by Crippen LogP contribution is 2.61. The fraction of sp³-hybridized carbons (Fsp3) is 0.600. The molecule has 0 saturated carbocycles. The summed E-state index contributed by atoms with van der Waals surface area (Å²) in [6, 6.07) is -2.88. The van der Waals surface area contributed by atoms with E-state index in [1.807, 2.05) is 0 Å². The van der Waals surface area contributed by atoms with Gasteiger partial charge in [0.25, 0.3) is 6.04 Å². The van der Waals surface area contributed by atoms with Crippen LogP contribution in [0.3, 0.4) is 0 Å². The van der Waals surface area contributed by atoms with Gasteiger partial charge in [0.15, 0.2) is 6.04 Å². The highest BCUT2D eigenvalue weighted by atomic mass is 19.4. The average molecular weight is 511 g/mol. The Balaban J connectivity index is 2.55. The van der Waals surface area contributed by atoms with E-state index in [-0.39, 0.29) is 5.56 Å². The van der Waals surface area contributed by atoms with Crippen LogP contribution in [0, 0.1) is 10.1 Å². The van der Waals surface area contributed by atoms with Crippen molar-refractivity contribution in [1.29, 1.82) is 0 Å². The Kier molecular flexibility index (Phi) is 6.39. The lowest BCUT2D eigenvalue weighted by Gasteiger charge is -2.41. The third-order valence-corrected chi connectivity index (χ3v) is 4.83. The molecular weight excluding hydrogens is 501 g/mol. The summed E-state index contributed by atoms with van der Waals surface area (Å²) in [6.45, 7) is 0. The van der Waals surface area contributed by atoms with Gasteiger partial charge in [0.1, 0.15) is 6.04 Å². The second kappa shape index (κ2) is 7.85. The first-order valence-electron chi connectivity index (χ1n) is 8.31. The fourth-order valence-electron chi connectivity index (χ4n) is 3.01. The monoisotopic (exact) mass is 511 g/mol. The summed E-state index contributed by atoms with van der Waals surface area (Å²) in [5, 5.41) is 11.2. The van der Waals surface area contributed by atoms with Gasteiger partial charge >= 0.3 is 35.8 Å². The van der Waals surface area contributed by atoms with Crippen molar-refractivity contribution in [2.75, 3.05) is 0 Å². The average Bonchev–Trinajstić information content (AvgIpc) is 3.13. The van der Waals surface area contributed by atoms with Crippen molar-refractivity contribution in [3.05, 3.63) is 46.0 Å². The second-order valence-electron chi connectivity index (χ2n) is 6.85. The summed E-state index contributed by atoms with van der Waals surface area (Å²) in [5.41, 5.74) is 2.64. The Bertz CT molecular complexity index is 876. The van der Waals surface area contributed by atoms with Crippen LogP contribution in [0.4, 0.5) is 57.1 Å². The number of rotatable bonds is 7. The topological polar surface area (TPSA) is 67.2 Å². The molecular formula is C15H10F13N3O2. The van der Waals surface area contributed by atoms with E-state index in [4.69, 9.17) is 0 Å². The lowest BCUT2D eigenvalue weighted by molar-refractivity contribution is -0.535. The first-order chi connectivity index (χ1) is 14.7. The van der Waals surface area contributed by atoms with Crippen LogP contribution in [-0.4, -0.2) is 52.8 Å². The van der Waals surface area contributed by atoms with Crippen molar-refractivity contribution >= 4 is 0 Å². The van der Waals surface area contributed by atoms with Gasteiger partial charge in [0, 0.05) is 4.92 Å². The Morgan fingerprint density at radius 2 is 1.15 bits per heavy atom. The predicted octanol–water partition coefficient (Wildman–Crippen LogP) is 4.59. The standard InChI is InChI=1S/C15H10F13N3O2/c16-10(17,9-8(31(32)33)7(29-30-9)6-4-2-1-3-5-6)11(18,19)12(20,21)13(22,23)14(24,25)15(26,27)28/h1-5,7-9,29-30H. The largest absolute Gasteiger partial charge is 0.460 e. The molecule has 3 unspecified atom stereocenters. The molecule has 0 aromatic heterocycles. The molecule has 0 radical (unpaired) electrons. The van der Waals surface area contributed by atoms with Crippen molar-refractivity contribution in [3.63, 3.8) is 0 Å². The van der Waals surface area contributed by atoms with Crippen LogP contribution < -0.4 is 10.9 Å². The van der Waals surface area contributed by atoms with E-state index in [1.54, 1.807) is 5.43 Å². The van der Waals surface area contributed by atoms with E-state index in [0.717, 1.165) is 12.1 Å². The second-order valence-corrected chi connectivity index (χ2v) is 6.85. The third-order valence-electron chi connectivity index (χ3n) is 4.83. The van der Waals surface area contributed by atoms with Gasteiger partial charge in [0.05, 0.1) is 0 Å². The van der Waals surface area contributed by atoms with Gasteiger partial charge in [-0.25, -0.2) is 10.9 Å². The molecule has 0 spiro atoms. The molecule has 1 aliphatic heterocycles. The van der Waals surface area contributed by atoms with E-state index in [0.29, 0.717) is 0 Å². The van der Waals surface area contributed by atoms with Crippen LogP contribution in [0.15, 0.2) is 30.3 Å². The number of hydrogen-bond acceptors (Lipinski definition) is 4. The maximum absolute atomic E-state index is 14.4. The summed E-state index contributed by atoms with van der Waals surface area (Å²) in [7, 11) is 0. The van der Waals surface area contributed by atoms with Gasteiger partial charge in [-0.15, -0.1) is 0 Å². The summed E-state index contributed by atoms with van der Waals surface area (Å²) in [4.78, 5) is 9.58. The summed E-state index contributed by atoms with van der Waals surface area (Å²) < 4.78 is 173. The highest BCUT2D eigenvalue weighted by Gasteiger charge is 2.92.